The van der Waals surface area contributed by atoms with Crippen molar-refractivity contribution in [3.05, 3.63) is 32.5 Å². The van der Waals surface area contributed by atoms with E-state index >= 15 is 0 Å². The van der Waals surface area contributed by atoms with Crippen LogP contribution in [-0.4, -0.2) is 22.7 Å². The fraction of sp³-hybridized carbons (Fsp3) is 0.538. The molecule has 0 fully saturated rings. The van der Waals surface area contributed by atoms with Gasteiger partial charge in [-0.1, -0.05) is 20.8 Å². The molecule has 0 aliphatic rings. The second kappa shape index (κ2) is 6.49. The average molecular weight is 349 g/mol. The zero-order valence-corrected chi connectivity index (χ0v) is 13.2. The normalized spacial score (nSPS) is 13.1. The molecule has 0 amide bonds. The number of nitrogens with zero attached hydrogens (tertiary/aromatic N) is 1. The van der Waals surface area contributed by atoms with E-state index in [0.29, 0.717) is 6.42 Å². The van der Waals surface area contributed by atoms with E-state index in [1.165, 1.54) is 0 Å². The van der Waals surface area contributed by atoms with Crippen LogP contribution >= 0.6 is 15.9 Å². The molecule has 1 aromatic carbocycles. The Bertz CT molecular complexity index is 503. The van der Waals surface area contributed by atoms with Crippen molar-refractivity contribution >= 4 is 27.3 Å². The third-order valence-electron chi connectivity index (χ3n) is 3.03. The molecular formula is C13H18BrFN2O3. The lowest BCUT2D eigenvalue weighted by molar-refractivity contribution is -0.384. The second-order valence-corrected chi connectivity index (χ2v) is 6.47. The molecule has 1 atom stereocenters. The maximum absolute atomic E-state index is 13.6. The fourth-order valence-corrected chi connectivity index (χ4v) is 2.17. The molecule has 0 saturated heterocycles. The summed E-state index contributed by atoms with van der Waals surface area (Å²) in [4.78, 5) is 10.5. The van der Waals surface area contributed by atoms with Crippen LogP contribution in [0.25, 0.3) is 0 Å². The topological polar surface area (TPSA) is 75.4 Å². The van der Waals surface area contributed by atoms with Crippen molar-refractivity contribution in [1.29, 1.82) is 0 Å². The molecule has 0 aliphatic carbocycles. The number of hydrogen-bond donors (Lipinski definition) is 2. The van der Waals surface area contributed by atoms with E-state index in [1.54, 1.807) is 0 Å². The van der Waals surface area contributed by atoms with Gasteiger partial charge in [0.1, 0.15) is 11.5 Å². The summed E-state index contributed by atoms with van der Waals surface area (Å²) >= 11 is 2.94. The highest BCUT2D eigenvalue weighted by molar-refractivity contribution is 9.10. The summed E-state index contributed by atoms with van der Waals surface area (Å²) in [5.41, 5.74) is -0.324. The first-order valence-electron chi connectivity index (χ1n) is 6.17. The van der Waals surface area contributed by atoms with Gasteiger partial charge in [-0.15, -0.1) is 0 Å². The number of aliphatic hydroxyl groups excluding tert-OH is 1. The molecular weight excluding hydrogens is 331 g/mol. The molecule has 0 bridgehead atoms. The molecule has 2 N–H and O–H groups in total. The summed E-state index contributed by atoms with van der Waals surface area (Å²) in [5, 5.41) is 23.1. The van der Waals surface area contributed by atoms with Crippen LogP contribution in [0.15, 0.2) is 16.6 Å². The van der Waals surface area contributed by atoms with Crippen LogP contribution in [-0.2, 0) is 0 Å². The number of anilines is 1. The summed E-state index contributed by atoms with van der Waals surface area (Å²) in [6.45, 7) is 5.78. The van der Waals surface area contributed by atoms with Gasteiger partial charge in [-0.3, -0.25) is 10.1 Å². The predicted octanol–water partition coefficient (Wildman–Crippen LogP) is 3.71. The Labute approximate surface area is 125 Å². The van der Waals surface area contributed by atoms with Crippen LogP contribution in [0.3, 0.4) is 0 Å². The molecule has 0 saturated carbocycles. The number of benzene rings is 1. The molecule has 0 aromatic heterocycles. The van der Waals surface area contributed by atoms with Gasteiger partial charge >= 0.3 is 0 Å². The van der Waals surface area contributed by atoms with E-state index in [1.807, 2.05) is 20.8 Å². The van der Waals surface area contributed by atoms with E-state index in [4.69, 9.17) is 5.11 Å². The summed E-state index contributed by atoms with van der Waals surface area (Å²) in [6, 6.07) is 2.01. The van der Waals surface area contributed by atoms with Crippen molar-refractivity contribution in [3.8, 4) is 0 Å². The quantitative estimate of drug-likeness (QED) is 0.628. The van der Waals surface area contributed by atoms with Gasteiger partial charge in [0, 0.05) is 24.8 Å². The largest absolute Gasteiger partial charge is 0.396 e. The summed E-state index contributed by atoms with van der Waals surface area (Å²) in [5.74, 6) is -0.574. The standard InChI is InChI=1S/C13H18BrFN2O3/c1-13(2,3)12(4-5-18)16-10-7-9(15)8(14)6-11(10)17(19)20/h6-7,12,16,18H,4-5H2,1-3H3. The van der Waals surface area contributed by atoms with Crippen molar-refractivity contribution in [2.24, 2.45) is 5.41 Å². The van der Waals surface area contributed by atoms with Crippen molar-refractivity contribution < 1.29 is 14.4 Å². The van der Waals surface area contributed by atoms with Gasteiger partial charge in [0.05, 0.1) is 9.40 Å². The molecule has 7 heteroatoms. The maximum atomic E-state index is 13.6. The van der Waals surface area contributed by atoms with Crippen LogP contribution < -0.4 is 5.32 Å². The Morgan fingerprint density at radius 1 is 1.50 bits per heavy atom. The molecule has 20 heavy (non-hydrogen) atoms. The number of aliphatic hydroxyl groups is 1. The lowest BCUT2D eigenvalue weighted by atomic mass is 9.84. The van der Waals surface area contributed by atoms with Crippen LogP contribution in [0.2, 0.25) is 0 Å². The van der Waals surface area contributed by atoms with Gasteiger partial charge in [-0.2, -0.15) is 0 Å². The smallest absolute Gasteiger partial charge is 0.293 e. The van der Waals surface area contributed by atoms with Gasteiger partial charge in [0.15, 0.2) is 0 Å². The average Bonchev–Trinajstić information content (AvgIpc) is 2.31. The van der Waals surface area contributed by atoms with Gasteiger partial charge in [-0.05, 0) is 27.8 Å². The molecule has 1 rings (SSSR count). The van der Waals surface area contributed by atoms with Crippen molar-refractivity contribution in [3.63, 3.8) is 0 Å². The lowest BCUT2D eigenvalue weighted by Gasteiger charge is -2.31. The third kappa shape index (κ3) is 4.14. The summed E-state index contributed by atoms with van der Waals surface area (Å²) in [7, 11) is 0. The van der Waals surface area contributed by atoms with Crippen LogP contribution in [0.4, 0.5) is 15.8 Å². The first kappa shape index (κ1) is 16.8. The first-order valence-corrected chi connectivity index (χ1v) is 6.97. The number of hydrogen-bond acceptors (Lipinski definition) is 4. The van der Waals surface area contributed by atoms with Crippen LogP contribution in [0, 0.1) is 21.3 Å². The fourth-order valence-electron chi connectivity index (χ4n) is 1.84. The lowest BCUT2D eigenvalue weighted by Crippen LogP contribution is -2.35. The Morgan fingerprint density at radius 3 is 2.55 bits per heavy atom. The Kier molecular flexibility index (Phi) is 5.47. The van der Waals surface area contributed by atoms with Gasteiger partial charge in [-0.25, -0.2) is 4.39 Å². The number of rotatable bonds is 5. The monoisotopic (exact) mass is 348 g/mol. The van der Waals surface area contributed by atoms with Gasteiger partial charge in [0.2, 0.25) is 0 Å². The zero-order chi connectivity index (χ0) is 15.5. The first-order chi connectivity index (χ1) is 9.16. The molecule has 112 valence electrons. The number of nitro groups is 1. The Balaban J connectivity index is 3.18. The second-order valence-electron chi connectivity index (χ2n) is 5.62. The highest BCUT2D eigenvalue weighted by atomic mass is 79.9. The van der Waals surface area contributed by atoms with E-state index in [0.717, 1.165) is 12.1 Å². The highest BCUT2D eigenvalue weighted by Gasteiger charge is 2.27. The molecule has 5 nitrogen and oxygen atoms in total. The van der Waals surface area contributed by atoms with Crippen molar-refractivity contribution in [2.45, 2.75) is 33.2 Å². The van der Waals surface area contributed by atoms with E-state index in [-0.39, 0.29) is 33.9 Å². The van der Waals surface area contributed by atoms with Crippen molar-refractivity contribution in [2.75, 3.05) is 11.9 Å². The van der Waals surface area contributed by atoms with E-state index in [9.17, 15) is 14.5 Å². The summed E-state index contributed by atoms with van der Waals surface area (Å²) in [6.07, 6.45) is 0.415. The molecule has 0 heterocycles. The Morgan fingerprint density at radius 2 is 2.10 bits per heavy atom. The number of nitrogens with one attached hydrogen (secondary N) is 1. The predicted molar refractivity (Wildman–Crippen MR) is 79.3 cm³/mol. The molecule has 0 spiro atoms. The SMILES string of the molecule is CC(C)(C)C(CCO)Nc1cc(F)c(Br)cc1[N+](=O)[O-]. The zero-order valence-electron chi connectivity index (χ0n) is 11.6. The number of nitro benzene ring substituents is 1. The van der Waals surface area contributed by atoms with Crippen molar-refractivity contribution in [1.82, 2.24) is 0 Å². The van der Waals surface area contributed by atoms with Gasteiger partial charge in [0.25, 0.3) is 5.69 Å². The molecule has 0 aliphatic heterocycles. The molecule has 1 unspecified atom stereocenters. The molecule has 1 aromatic rings. The third-order valence-corrected chi connectivity index (χ3v) is 3.64. The minimum atomic E-state index is -0.574. The minimum Gasteiger partial charge on any atom is -0.396 e. The minimum absolute atomic E-state index is 0.0456. The van der Waals surface area contributed by atoms with Gasteiger partial charge < -0.3 is 10.4 Å². The highest BCUT2D eigenvalue weighted by Crippen LogP contribution is 2.34. The summed E-state index contributed by atoms with van der Waals surface area (Å²) < 4.78 is 13.6. The number of halogens is 2. The van der Waals surface area contributed by atoms with Crippen LogP contribution in [0.5, 0.6) is 0 Å². The van der Waals surface area contributed by atoms with E-state index in [2.05, 4.69) is 21.2 Å². The maximum Gasteiger partial charge on any atom is 0.293 e. The van der Waals surface area contributed by atoms with E-state index < -0.39 is 10.7 Å². The van der Waals surface area contributed by atoms with Crippen LogP contribution in [0.1, 0.15) is 27.2 Å². The molecule has 0 radical (unpaired) electrons. The Hall–Kier alpha value is -1.21.